The summed E-state index contributed by atoms with van der Waals surface area (Å²) in [4.78, 5) is 17.0. The van der Waals surface area contributed by atoms with Gasteiger partial charge in [0.1, 0.15) is 5.75 Å². The average Bonchev–Trinajstić information content (AvgIpc) is 2.73. The first kappa shape index (κ1) is 18.2. The van der Waals surface area contributed by atoms with Crippen molar-refractivity contribution in [2.75, 3.05) is 0 Å². The number of ether oxygens (including phenoxy) is 1. The molecule has 4 aromatic rings. The number of fused-ring (bicyclic) bond motifs is 1. The molecule has 4 heteroatoms. The molecule has 0 saturated carbocycles. The first-order valence-corrected chi connectivity index (χ1v) is 9.47. The van der Waals surface area contributed by atoms with E-state index in [0.717, 1.165) is 27.7 Å². The van der Waals surface area contributed by atoms with Gasteiger partial charge in [0, 0.05) is 16.0 Å². The zero-order valence-corrected chi connectivity index (χ0v) is 15.9. The number of para-hydroxylation sites is 1. The third-order valence-corrected chi connectivity index (χ3v) is 4.73. The van der Waals surface area contributed by atoms with Gasteiger partial charge < -0.3 is 4.74 Å². The van der Waals surface area contributed by atoms with Gasteiger partial charge in [-0.1, -0.05) is 60.1 Å². The van der Waals surface area contributed by atoms with Crippen molar-refractivity contribution in [3.05, 3.63) is 95.5 Å². The quantitative estimate of drug-likeness (QED) is 0.307. The van der Waals surface area contributed by atoms with Crippen molar-refractivity contribution in [2.45, 2.75) is 12.8 Å². The van der Waals surface area contributed by atoms with E-state index in [4.69, 9.17) is 21.3 Å². The van der Waals surface area contributed by atoms with Crippen molar-refractivity contribution < 1.29 is 9.53 Å². The fraction of sp³-hybridized carbons (Fsp3) is 0.0833. The highest BCUT2D eigenvalue weighted by Crippen LogP contribution is 2.28. The van der Waals surface area contributed by atoms with Gasteiger partial charge in [-0.2, -0.15) is 0 Å². The molecule has 1 heterocycles. The topological polar surface area (TPSA) is 39.2 Å². The minimum atomic E-state index is -0.264. The molecule has 0 aliphatic carbocycles. The molecule has 28 heavy (non-hydrogen) atoms. The number of hydrogen-bond donors (Lipinski definition) is 0. The van der Waals surface area contributed by atoms with Gasteiger partial charge in [0.15, 0.2) is 0 Å². The maximum absolute atomic E-state index is 12.3. The Kier molecular flexibility index (Phi) is 5.36. The Labute approximate surface area is 168 Å². The maximum atomic E-state index is 12.3. The van der Waals surface area contributed by atoms with E-state index in [1.54, 1.807) is 12.1 Å². The van der Waals surface area contributed by atoms with Crippen LogP contribution in [0.15, 0.2) is 84.9 Å². The Balaban J connectivity index is 1.63. The molecule has 0 aliphatic heterocycles. The molecule has 3 aromatic carbocycles. The van der Waals surface area contributed by atoms with Crippen molar-refractivity contribution in [3.8, 4) is 17.0 Å². The number of rotatable bonds is 5. The lowest BCUT2D eigenvalue weighted by Gasteiger charge is -2.11. The Morgan fingerprint density at radius 2 is 1.61 bits per heavy atom. The SMILES string of the molecule is O=C(CCc1cc(-c2ccccc2)nc2ccc(Cl)cc12)Oc1ccccc1. The summed E-state index contributed by atoms with van der Waals surface area (Å²) in [5.74, 6) is 0.291. The van der Waals surface area contributed by atoms with E-state index in [-0.39, 0.29) is 12.4 Å². The van der Waals surface area contributed by atoms with Crippen LogP contribution in [0.4, 0.5) is 0 Å². The highest BCUT2D eigenvalue weighted by atomic mass is 35.5. The number of nitrogens with zero attached hydrogens (tertiary/aromatic N) is 1. The van der Waals surface area contributed by atoms with Gasteiger partial charge in [-0.05, 0) is 48.4 Å². The van der Waals surface area contributed by atoms with E-state index in [0.29, 0.717) is 17.2 Å². The molecule has 3 nitrogen and oxygen atoms in total. The second-order valence-electron chi connectivity index (χ2n) is 6.48. The van der Waals surface area contributed by atoms with Gasteiger partial charge in [-0.3, -0.25) is 4.79 Å². The van der Waals surface area contributed by atoms with E-state index in [2.05, 4.69) is 0 Å². The highest BCUT2D eigenvalue weighted by molar-refractivity contribution is 6.31. The number of aromatic nitrogens is 1. The lowest BCUT2D eigenvalue weighted by Crippen LogP contribution is -2.09. The van der Waals surface area contributed by atoms with Crippen molar-refractivity contribution in [2.24, 2.45) is 0 Å². The third-order valence-electron chi connectivity index (χ3n) is 4.50. The number of benzene rings is 3. The second kappa shape index (κ2) is 8.24. The van der Waals surface area contributed by atoms with Crippen LogP contribution in [0.25, 0.3) is 22.2 Å². The minimum absolute atomic E-state index is 0.264. The molecule has 4 rings (SSSR count). The monoisotopic (exact) mass is 387 g/mol. The number of carbonyl (C=O) groups is 1. The molecule has 0 saturated heterocycles. The predicted molar refractivity (Wildman–Crippen MR) is 113 cm³/mol. The molecule has 0 atom stereocenters. The van der Waals surface area contributed by atoms with Crippen LogP contribution < -0.4 is 4.74 Å². The fourth-order valence-corrected chi connectivity index (χ4v) is 3.31. The maximum Gasteiger partial charge on any atom is 0.311 e. The van der Waals surface area contributed by atoms with Crippen LogP contribution in [0, 0.1) is 0 Å². The number of halogens is 1. The van der Waals surface area contributed by atoms with Crippen LogP contribution >= 0.6 is 11.6 Å². The first-order valence-electron chi connectivity index (χ1n) is 9.09. The first-order chi connectivity index (χ1) is 13.7. The smallest absolute Gasteiger partial charge is 0.311 e. The Bertz CT molecular complexity index is 1110. The third kappa shape index (κ3) is 4.21. The second-order valence-corrected chi connectivity index (χ2v) is 6.92. The molecule has 0 aliphatic rings. The lowest BCUT2D eigenvalue weighted by molar-refractivity contribution is -0.134. The molecular weight excluding hydrogens is 370 g/mol. The van der Waals surface area contributed by atoms with Crippen molar-refractivity contribution >= 4 is 28.5 Å². The van der Waals surface area contributed by atoms with Crippen LogP contribution in [0.2, 0.25) is 5.02 Å². The molecule has 0 fully saturated rings. The van der Waals surface area contributed by atoms with E-state index in [1.807, 2.05) is 72.8 Å². The summed E-state index contributed by atoms with van der Waals surface area (Å²) in [5, 5.41) is 1.61. The summed E-state index contributed by atoms with van der Waals surface area (Å²) in [6.07, 6.45) is 0.819. The number of pyridine rings is 1. The molecule has 0 spiro atoms. The standard InChI is InChI=1S/C24H18ClNO2/c25-19-12-13-22-21(16-19)18(15-23(26-22)17-7-3-1-4-8-17)11-14-24(27)28-20-9-5-2-6-10-20/h1-10,12-13,15-16H,11,14H2. The van der Waals surface area contributed by atoms with Crippen LogP contribution in [0.3, 0.4) is 0 Å². The molecule has 0 amide bonds. The molecule has 0 N–H and O–H groups in total. The van der Waals surface area contributed by atoms with E-state index in [9.17, 15) is 4.79 Å². The van der Waals surface area contributed by atoms with Crippen molar-refractivity contribution in [1.82, 2.24) is 4.98 Å². The van der Waals surface area contributed by atoms with Gasteiger partial charge in [0.05, 0.1) is 17.6 Å². The summed E-state index contributed by atoms with van der Waals surface area (Å²) in [6, 6.07) is 26.8. The normalized spacial score (nSPS) is 10.8. The molecular formula is C24H18ClNO2. The Hall–Kier alpha value is -3.17. The predicted octanol–water partition coefficient (Wildman–Crippen LogP) is 6.09. The molecule has 0 unspecified atom stereocenters. The zero-order chi connectivity index (χ0) is 19.3. The summed E-state index contributed by atoms with van der Waals surface area (Å²) >= 11 is 6.20. The molecule has 0 radical (unpaired) electrons. The number of carbonyl (C=O) groups excluding carboxylic acids is 1. The van der Waals surface area contributed by atoms with Crippen LogP contribution in [-0.2, 0) is 11.2 Å². The van der Waals surface area contributed by atoms with Gasteiger partial charge in [0.25, 0.3) is 0 Å². The van der Waals surface area contributed by atoms with Crippen LogP contribution in [0.1, 0.15) is 12.0 Å². The number of aryl methyl sites for hydroxylation is 1. The van der Waals surface area contributed by atoms with Crippen LogP contribution in [0.5, 0.6) is 5.75 Å². The van der Waals surface area contributed by atoms with Gasteiger partial charge in [-0.25, -0.2) is 4.98 Å². The largest absolute Gasteiger partial charge is 0.427 e. The zero-order valence-electron chi connectivity index (χ0n) is 15.1. The van der Waals surface area contributed by atoms with Gasteiger partial charge in [-0.15, -0.1) is 0 Å². The van der Waals surface area contributed by atoms with E-state index < -0.39 is 0 Å². The van der Waals surface area contributed by atoms with Crippen molar-refractivity contribution in [1.29, 1.82) is 0 Å². The molecule has 138 valence electrons. The van der Waals surface area contributed by atoms with Crippen LogP contribution in [-0.4, -0.2) is 11.0 Å². The molecule has 0 bridgehead atoms. The Morgan fingerprint density at radius 3 is 2.36 bits per heavy atom. The number of esters is 1. The Morgan fingerprint density at radius 1 is 0.893 bits per heavy atom. The van der Waals surface area contributed by atoms with E-state index >= 15 is 0 Å². The summed E-state index contributed by atoms with van der Waals surface area (Å²) in [6.45, 7) is 0. The van der Waals surface area contributed by atoms with Crippen molar-refractivity contribution in [3.63, 3.8) is 0 Å². The number of hydrogen-bond acceptors (Lipinski definition) is 3. The lowest BCUT2D eigenvalue weighted by atomic mass is 10.0. The summed E-state index contributed by atoms with van der Waals surface area (Å²) < 4.78 is 5.41. The fourth-order valence-electron chi connectivity index (χ4n) is 3.14. The van der Waals surface area contributed by atoms with Gasteiger partial charge >= 0.3 is 5.97 Å². The minimum Gasteiger partial charge on any atom is -0.427 e. The summed E-state index contributed by atoms with van der Waals surface area (Å²) in [7, 11) is 0. The van der Waals surface area contributed by atoms with E-state index in [1.165, 1.54) is 0 Å². The van der Waals surface area contributed by atoms with Gasteiger partial charge in [0.2, 0.25) is 0 Å². The average molecular weight is 388 g/mol. The summed E-state index contributed by atoms with van der Waals surface area (Å²) in [5.41, 5.74) is 3.79. The highest BCUT2D eigenvalue weighted by Gasteiger charge is 2.11. The molecule has 1 aromatic heterocycles.